The lowest BCUT2D eigenvalue weighted by Gasteiger charge is -2.25. The Kier molecular flexibility index (Phi) is 6.04. The Labute approximate surface area is 134 Å². The van der Waals surface area contributed by atoms with E-state index in [1.54, 1.807) is 0 Å². The number of hydrazone groups is 1. The summed E-state index contributed by atoms with van der Waals surface area (Å²) in [6.45, 7) is 2.16. The summed E-state index contributed by atoms with van der Waals surface area (Å²) >= 11 is 0. The molecular weight excluding hydrogens is 300 g/mol. The number of nitro groups is 1. The minimum Gasteiger partial charge on any atom is -0.496 e. The Balaban J connectivity index is 1.94. The number of benzene rings is 1. The number of non-ortho nitro benzene ring substituents is 1. The smallest absolute Gasteiger partial charge is 0.270 e. The lowest BCUT2D eigenvalue weighted by Crippen LogP contribution is -2.38. The third-order valence-electron chi connectivity index (χ3n) is 3.63. The zero-order chi connectivity index (χ0) is 16.7. The van der Waals surface area contributed by atoms with Crippen molar-refractivity contribution >= 4 is 17.8 Å². The molecule has 1 saturated heterocycles. The van der Waals surface area contributed by atoms with Gasteiger partial charge in [0.15, 0.2) is 0 Å². The maximum atomic E-state index is 11.8. The molecule has 23 heavy (non-hydrogen) atoms. The zero-order valence-corrected chi connectivity index (χ0v) is 13.0. The van der Waals surface area contributed by atoms with Gasteiger partial charge in [-0.3, -0.25) is 19.8 Å². The Hall–Kier alpha value is -2.48. The average molecular weight is 320 g/mol. The first-order valence-electron chi connectivity index (χ1n) is 7.47. The van der Waals surface area contributed by atoms with Crippen molar-refractivity contribution < 1.29 is 14.5 Å². The number of hydrogen-bond acceptors (Lipinski definition) is 6. The molecule has 124 valence electrons. The molecule has 1 aliphatic rings. The average Bonchev–Trinajstić information content (AvgIpc) is 2.55. The number of methoxy groups -OCH3 is 1. The first-order valence-corrected chi connectivity index (χ1v) is 7.47. The maximum Gasteiger partial charge on any atom is 0.270 e. The summed E-state index contributed by atoms with van der Waals surface area (Å²) in [7, 11) is 1.47. The van der Waals surface area contributed by atoms with Gasteiger partial charge < -0.3 is 4.74 Å². The molecule has 1 heterocycles. The van der Waals surface area contributed by atoms with Crippen molar-refractivity contribution in [3.63, 3.8) is 0 Å². The quantitative estimate of drug-likeness (QED) is 0.487. The van der Waals surface area contributed by atoms with Crippen LogP contribution >= 0.6 is 0 Å². The van der Waals surface area contributed by atoms with Gasteiger partial charge in [-0.1, -0.05) is 6.42 Å². The molecule has 8 nitrogen and oxygen atoms in total. The Morgan fingerprint density at radius 1 is 1.43 bits per heavy atom. The SMILES string of the molecule is COc1ccc([N+](=O)[O-])cc1/C=N\NC(=O)CN1CCCCC1. The van der Waals surface area contributed by atoms with Crippen molar-refractivity contribution in [1.82, 2.24) is 10.3 Å². The minimum atomic E-state index is -0.494. The van der Waals surface area contributed by atoms with Crippen LogP contribution in [-0.2, 0) is 4.79 Å². The second-order valence-corrected chi connectivity index (χ2v) is 5.31. The molecule has 0 saturated carbocycles. The van der Waals surface area contributed by atoms with Crippen LogP contribution in [0.15, 0.2) is 23.3 Å². The summed E-state index contributed by atoms with van der Waals surface area (Å²) in [6, 6.07) is 4.19. The molecule has 1 N–H and O–H groups in total. The van der Waals surface area contributed by atoms with Crippen molar-refractivity contribution in [2.75, 3.05) is 26.7 Å². The van der Waals surface area contributed by atoms with Crippen LogP contribution < -0.4 is 10.2 Å². The number of amides is 1. The molecule has 0 aliphatic carbocycles. The van der Waals surface area contributed by atoms with Gasteiger partial charge >= 0.3 is 0 Å². The summed E-state index contributed by atoms with van der Waals surface area (Å²) < 4.78 is 5.12. The van der Waals surface area contributed by atoms with E-state index in [2.05, 4.69) is 15.4 Å². The Morgan fingerprint density at radius 2 is 2.17 bits per heavy atom. The van der Waals surface area contributed by atoms with Gasteiger partial charge in [-0.25, -0.2) is 5.43 Å². The molecule has 0 bridgehead atoms. The lowest BCUT2D eigenvalue weighted by molar-refractivity contribution is -0.384. The second-order valence-electron chi connectivity index (χ2n) is 5.31. The number of carbonyl (C=O) groups is 1. The van der Waals surface area contributed by atoms with E-state index < -0.39 is 4.92 Å². The second kappa shape index (κ2) is 8.23. The highest BCUT2D eigenvalue weighted by Crippen LogP contribution is 2.22. The third-order valence-corrected chi connectivity index (χ3v) is 3.63. The fourth-order valence-corrected chi connectivity index (χ4v) is 2.47. The lowest BCUT2D eigenvalue weighted by atomic mass is 10.1. The molecule has 8 heteroatoms. The van der Waals surface area contributed by atoms with Crippen LogP contribution in [0.25, 0.3) is 0 Å². The fourth-order valence-electron chi connectivity index (χ4n) is 2.47. The third kappa shape index (κ3) is 5.03. The van der Waals surface area contributed by atoms with E-state index in [1.807, 2.05) is 0 Å². The first kappa shape index (κ1) is 16.9. The number of nitrogens with zero attached hydrogens (tertiary/aromatic N) is 3. The predicted molar refractivity (Wildman–Crippen MR) is 85.7 cm³/mol. The van der Waals surface area contributed by atoms with Crippen LogP contribution in [0.3, 0.4) is 0 Å². The Bertz CT molecular complexity index is 597. The molecule has 1 amide bonds. The monoisotopic (exact) mass is 320 g/mol. The molecule has 0 radical (unpaired) electrons. The van der Waals surface area contributed by atoms with Crippen molar-refractivity contribution in [3.05, 3.63) is 33.9 Å². The van der Waals surface area contributed by atoms with Crippen LogP contribution in [0, 0.1) is 10.1 Å². The number of nitro benzene ring substituents is 1. The van der Waals surface area contributed by atoms with E-state index >= 15 is 0 Å². The van der Waals surface area contributed by atoms with Crippen LogP contribution in [-0.4, -0.2) is 48.7 Å². The number of ether oxygens (including phenoxy) is 1. The molecule has 2 rings (SSSR count). The van der Waals surface area contributed by atoms with E-state index in [4.69, 9.17) is 4.74 Å². The van der Waals surface area contributed by atoms with Gasteiger partial charge in [0.2, 0.25) is 0 Å². The molecular formula is C15H20N4O4. The van der Waals surface area contributed by atoms with Crippen molar-refractivity contribution in [3.8, 4) is 5.75 Å². The largest absolute Gasteiger partial charge is 0.496 e. The number of nitrogens with one attached hydrogen (secondary N) is 1. The van der Waals surface area contributed by atoms with Gasteiger partial charge in [-0.15, -0.1) is 0 Å². The number of hydrogen-bond donors (Lipinski definition) is 1. The summed E-state index contributed by atoms with van der Waals surface area (Å²) in [5.74, 6) is 0.247. The maximum absolute atomic E-state index is 11.8. The highest BCUT2D eigenvalue weighted by Gasteiger charge is 2.13. The van der Waals surface area contributed by atoms with E-state index in [0.29, 0.717) is 17.9 Å². The van der Waals surface area contributed by atoms with Crippen LogP contribution in [0.1, 0.15) is 24.8 Å². The number of likely N-dealkylation sites (tertiary alicyclic amines) is 1. The van der Waals surface area contributed by atoms with Gasteiger partial charge in [-0.2, -0.15) is 5.10 Å². The van der Waals surface area contributed by atoms with E-state index in [-0.39, 0.29) is 11.6 Å². The van der Waals surface area contributed by atoms with Gasteiger partial charge in [0.1, 0.15) is 5.75 Å². The highest BCUT2D eigenvalue weighted by molar-refractivity contribution is 5.86. The van der Waals surface area contributed by atoms with E-state index in [9.17, 15) is 14.9 Å². The number of piperidine rings is 1. The van der Waals surface area contributed by atoms with E-state index in [1.165, 1.54) is 37.9 Å². The van der Waals surface area contributed by atoms with Gasteiger partial charge in [0, 0.05) is 17.7 Å². The van der Waals surface area contributed by atoms with Crippen LogP contribution in [0.4, 0.5) is 5.69 Å². The highest BCUT2D eigenvalue weighted by atomic mass is 16.6. The molecule has 0 atom stereocenters. The number of rotatable bonds is 6. The standard InChI is InChI=1S/C15H20N4O4/c1-23-14-6-5-13(19(21)22)9-12(14)10-16-17-15(20)11-18-7-3-2-4-8-18/h5-6,9-10H,2-4,7-8,11H2,1H3,(H,17,20)/b16-10-. The molecule has 0 unspecified atom stereocenters. The topological polar surface area (TPSA) is 97.1 Å². The van der Waals surface area contributed by atoms with Gasteiger partial charge in [-0.05, 0) is 32.0 Å². The zero-order valence-electron chi connectivity index (χ0n) is 13.0. The van der Waals surface area contributed by atoms with Gasteiger partial charge in [0.25, 0.3) is 11.6 Å². The first-order chi connectivity index (χ1) is 11.1. The van der Waals surface area contributed by atoms with Crippen molar-refractivity contribution in [2.45, 2.75) is 19.3 Å². The summed E-state index contributed by atoms with van der Waals surface area (Å²) in [5.41, 5.74) is 2.81. The summed E-state index contributed by atoms with van der Waals surface area (Å²) in [6.07, 6.45) is 4.78. The fraction of sp³-hybridized carbons (Fsp3) is 0.467. The molecule has 0 aromatic heterocycles. The van der Waals surface area contributed by atoms with Crippen molar-refractivity contribution in [1.29, 1.82) is 0 Å². The van der Waals surface area contributed by atoms with E-state index in [0.717, 1.165) is 25.9 Å². The molecule has 1 aromatic rings. The molecule has 1 aromatic carbocycles. The molecule has 1 aliphatic heterocycles. The summed E-state index contributed by atoms with van der Waals surface area (Å²) in [5, 5.41) is 14.7. The van der Waals surface area contributed by atoms with Crippen LogP contribution in [0.2, 0.25) is 0 Å². The normalized spacial score (nSPS) is 15.5. The Morgan fingerprint density at radius 3 is 2.83 bits per heavy atom. The van der Waals surface area contributed by atoms with Crippen LogP contribution in [0.5, 0.6) is 5.75 Å². The van der Waals surface area contributed by atoms with Gasteiger partial charge in [0.05, 0.1) is 24.8 Å². The number of carbonyl (C=O) groups excluding carboxylic acids is 1. The predicted octanol–water partition coefficient (Wildman–Crippen LogP) is 1.54. The minimum absolute atomic E-state index is 0.0631. The van der Waals surface area contributed by atoms with Crippen molar-refractivity contribution in [2.24, 2.45) is 5.10 Å². The molecule has 1 fully saturated rings. The summed E-state index contributed by atoms with van der Waals surface area (Å²) in [4.78, 5) is 24.2. The molecule has 0 spiro atoms.